The molecule has 2 heterocycles. The van der Waals surface area contributed by atoms with Crippen LogP contribution in [0.15, 0.2) is 54.2 Å². The number of fused-ring (bicyclic) bond motifs is 1. The summed E-state index contributed by atoms with van der Waals surface area (Å²) in [4.78, 5) is 39.4. The van der Waals surface area contributed by atoms with Gasteiger partial charge in [0, 0.05) is 35.3 Å². The molecule has 4 amide bonds. The van der Waals surface area contributed by atoms with Crippen molar-refractivity contribution in [2.75, 3.05) is 19.1 Å². The van der Waals surface area contributed by atoms with E-state index in [2.05, 4.69) is 5.32 Å². The van der Waals surface area contributed by atoms with Crippen LogP contribution in [-0.4, -0.2) is 36.6 Å². The molecular weight excluding hydrogens is 398 g/mol. The van der Waals surface area contributed by atoms with Crippen molar-refractivity contribution in [2.24, 2.45) is 0 Å². The van der Waals surface area contributed by atoms with Gasteiger partial charge in [-0.25, -0.2) is 9.69 Å². The molecule has 3 aromatic rings. The first-order chi connectivity index (χ1) is 15.0. The van der Waals surface area contributed by atoms with Crippen molar-refractivity contribution < 1.29 is 23.9 Å². The molecule has 158 valence electrons. The van der Waals surface area contributed by atoms with Crippen LogP contribution >= 0.6 is 0 Å². The zero-order valence-corrected chi connectivity index (χ0v) is 17.3. The fourth-order valence-electron chi connectivity index (χ4n) is 3.66. The predicted molar refractivity (Wildman–Crippen MR) is 116 cm³/mol. The first-order valence-corrected chi connectivity index (χ1v) is 9.69. The maximum atomic E-state index is 13.3. The lowest BCUT2D eigenvalue weighted by Crippen LogP contribution is -2.54. The molecule has 0 saturated carbocycles. The van der Waals surface area contributed by atoms with Gasteiger partial charge in [-0.2, -0.15) is 0 Å². The summed E-state index contributed by atoms with van der Waals surface area (Å²) >= 11 is 0. The second-order valence-corrected chi connectivity index (χ2v) is 6.88. The normalized spacial score (nSPS) is 15.5. The summed E-state index contributed by atoms with van der Waals surface area (Å²) in [6.45, 7) is 2.74. The highest BCUT2D eigenvalue weighted by Crippen LogP contribution is 2.35. The Balaban J connectivity index is 1.83. The van der Waals surface area contributed by atoms with Gasteiger partial charge in [0.15, 0.2) is 0 Å². The highest BCUT2D eigenvalue weighted by molar-refractivity contribution is 6.39. The van der Waals surface area contributed by atoms with Crippen molar-refractivity contribution in [1.29, 1.82) is 0 Å². The Kier molecular flexibility index (Phi) is 5.21. The number of para-hydroxylation sites is 1. The summed E-state index contributed by atoms with van der Waals surface area (Å²) in [5.74, 6) is -0.763. The van der Waals surface area contributed by atoms with E-state index in [9.17, 15) is 14.4 Å². The number of ether oxygens (including phenoxy) is 2. The quantitative estimate of drug-likeness (QED) is 0.506. The predicted octanol–water partition coefficient (Wildman–Crippen LogP) is 3.34. The average Bonchev–Trinajstić information content (AvgIpc) is 3.14. The summed E-state index contributed by atoms with van der Waals surface area (Å²) in [6.07, 6.45) is 3.39. The first kappa shape index (κ1) is 20.2. The lowest BCUT2D eigenvalue weighted by atomic mass is 10.1. The molecule has 0 bridgehead atoms. The minimum atomic E-state index is -0.852. The van der Waals surface area contributed by atoms with Crippen LogP contribution in [-0.2, 0) is 16.1 Å². The molecule has 0 aliphatic carbocycles. The number of urea groups is 1. The number of barbiturate groups is 1. The first-order valence-electron chi connectivity index (χ1n) is 9.69. The number of nitrogens with one attached hydrogen (secondary N) is 1. The topological polar surface area (TPSA) is 89.9 Å². The van der Waals surface area contributed by atoms with Gasteiger partial charge in [0.2, 0.25) is 0 Å². The number of imide groups is 2. The van der Waals surface area contributed by atoms with Gasteiger partial charge in [-0.3, -0.25) is 14.9 Å². The molecule has 8 heteroatoms. The second-order valence-electron chi connectivity index (χ2n) is 6.88. The maximum absolute atomic E-state index is 13.3. The lowest BCUT2D eigenvalue weighted by Gasteiger charge is -2.27. The van der Waals surface area contributed by atoms with E-state index in [1.807, 2.05) is 42.0 Å². The molecule has 1 fully saturated rings. The monoisotopic (exact) mass is 419 g/mol. The molecule has 0 unspecified atom stereocenters. The molecule has 1 aliphatic rings. The number of aromatic nitrogens is 1. The molecule has 31 heavy (non-hydrogen) atoms. The molecular formula is C23H21N3O5. The average molecular weight is 419 g/mol. The summed E-state index contributed by atoms with van der Waals surface area (Å²) in [7, 11) is 2.90. The highest BCUT2D eigenvalue weighted by atomic mass is 16.5. The van der Waals surface area contributed by atoms with Gasteiger partial charge in [-0.05, 0) is 31.2 Å². The fraction of sp³-hybridized carbons (Fsp3) is 0.174. The van der Waals surface area contributed by atoms with Gasteiger partial charge in [0.25, 0.3) is 11.8 Å². The Morgan fingerprint density at radius 3 is 2.52 bits per heavy atom. The number of amides is 4. The Hall–Kier alpha value is -4.07. The zero-order chi connectivity index (χ0) is 22.1. The van der Waals surface area contributed by atoms with Gasteiger partial charge in [-0.15, -0.1) is 0 Å². The zero-order valence-electron chi connectivity index (χ0n) is 17.3. The molecule has 0 atom stereocenters. The summed E-state index contributed by atoms with van der Waals surface area (Å²) in [5, 5.41) is 3.14. The molecule has 1 aliphatic heterocycles. The largest absolute Gasteiger partial charge is 0.497 e. The van der Waals surface area contributed by atoms with Crippen molar-refractivity contribution in [2.45, 2.75) is 13.5 Å². The minimum absolute atomic E-state index is 0.150. The smallest absolute Gasteiger partial charge is 0.336 e. The Morgan fingerprint density at radius 1 is 1.03 bits per heavy atom. The van der Waals surface area contributed by atoms with Crippen molar-refractivity contribution >= 4 is 40.5 Å². The van der Waals surface area contributed by atoms with Crippen LogP contribution in [0.25, 0.3) is 17.0 Å². The van der Waals surface area contributed by atoms with E-state index >= 15 is 0 Å². The van der Waals surface area contributed by atoms with Crippen molar-refractivity contribution in [3.05, 3.63) is 59.8 Å². The van der Waals surface area contributed by atoms with E-state index in [0.29, 0.717) is 17.1 Å². The van der Waals surface area contributed by atoms with Gasteiger partial charge >= 0.3 is 6.03 Å². The van der Waals surface area contributed by atoms with E-state index in [-0.39, 0.29) is 11.3 Å². The van der Waals surface area contributed by atoms with Crippen LogP contribution in [0.4, 0.5) is 10.5 Å². The van der Waals surface area contributed by atoms with E-state index in [4.69, 9.17) is 9.47 Å². The molecule has 2 aromatic carbocycles. The van der Waals surface area contributed by atoms with E-state index < -0.39 is 17.8 Å². The van der Waals surface area contributed by atoms with E-state index in [0.717, 1.165) is 22.3 Å². The molecule has 0 spiro atoms. The van der Waals surface area contributed by atoms with Crippen LogP contribution in [0.1, 0.15) is 12.5 Å². The van der Waals surface area contributed by atoms with Crippen molar-refractivity contribution in [1.82, 2.24) is 9.88 Å². The number of hydrogen-bond donors (Lipinski definition) is 1. The molecule has 4 rings (SSSR count). The van der Waals surface area contributed by atoms with Crippen LogP contribution in [0.5, 0.6) is 11.5 Å². The number of carbonyl (C=O) groups excluding carboxylic acids is 3. The van der Waals surface area contributed by atoms with Gasteiger partial charge in [0.1, 0.15) is 17.1 Å². The van der Waals surface area contributed by atoms with Crippen LogP contribution in [0, 0.1) is 0 Å². The third-order valence-corrected chi connectivity index (χ3v) is 5.19. The molecule has 1 N–H and O–H groups in total. The Morgan fingerprint density at radius 2 is 1.81 bits per heavy atom. The fourth-order valence-corrected chi connectivity index (χ4v) is 3.66. The van der Waals surface area contributed by atoms with Gasteiger partial charge < -0.3 is 14.0 Å². The summed E-state index contributed by atoms with van der Waals surface area (Å²) in [6, 6.07) is 11.6. The minimum Gasteiger partial charge on any atom is -0.497 e. The second kappa shape index (κ2) is 7.98. The van der Waals surface area contributed by atoms with E-state index in [1.165, 1.54) is 26.4 Å². The van der Waals surface area contributed by atoms with Crippen molar-refractivity contribution in [3.63, 3.8) is 0 Å². The molecule has 1 aromatic heterocycles. The molecule has 8 nitrogen and oxygen atoms in total. The summed E-state index contributed by atoms with van der Waals surface area (Å²) in [5.41, 5.74) is 1.73. The van der Waals surface area contributed by atoms with Crippen molar-refractivity contribution in [3.8, 4) is 11.5 Å². The number of nitrogens with zero attached hydrogens (tertiary/aromatic N) is 2. The third kappa shape index (κ3) is 3.42. The van der Waals surface area contributed by atoms with E-state index in [1.54, 1.807) is 12.1 Å². The van der Waals surface area contributed by atoms with Crippen LogP contribution in [0.2, 0.25) is 0 Å². The van der Waals surface area contributed by atoms with Gasteiger partial charge in [0.05, 0.1) is 19.9 Å². The SMILES string of the molecule is CCn1cc(/C=C2/C(=O)NC(=O)N(c3cc(OC)ccc3OC)C2=O)c2ccccc21. The molecule has 0 radical (unpaired) electrons. The summed E-state index contributed by atoms with van der Waals surface area (Å²) < 4.78 is 12.6. The lowest BCUT2D eigenvalue weighted by molar-refractivity contribution is -0.122. The van der Waals surface area contributed by atoms with Crippen LogP contribution < -0.4 is 19.7 Å². The number of anilines is 1. The Bertz CT molecular complexity index is 1240. The standard InChI is InChI=1S/C23H21N3O5/c1-4-25-13-14(16-7-5-6-8-18(16)25)11-17-21(27)24-23(29)26(22(17)28)19-12-15(30-2)9-10-20(19)31-3/h5-13H,4H2,1-3H3,(H,24,27,29)/b17-11-. The number of benzene rings is 2. The third-order valence-electron chi connectivity index (χ3n) is 5.19. The van der Waals surface area contributed by atoms with Gasteiger partial charge in [-0.1, -0.05) is 18.2 Å². The number of hydrogen-bond acceptors (Lipinski definition) is 5. The number of aryl methyl sites for hydroxylation is 1. The highest BCUT2D eigenvalue weighted by Gasteiger charge is 2.38. The maximum Gasteiger partial charge on any atom is 0.336 e. The number of rotatable bonds is 5. The number of methoxy groups -OCH3 is 2. The van der Waals surface area contributed by atoms with Crippen LogP contribution in [0.3, 0.4) is 0 Å². The number of carbonyl (C=O) groups is 3. The Labute approximate surface area is 178 Å². The molecule has 1 saturated heterocycles.